The molecule has 5 heteroatoms. The van der Waals surface area contributed by atoms with Gasteiger partial charge < -0.3 is 4.42 Å². The molecular formula is C13H21N3O2. The van der Waals surface area contributed by atoms with E-state index in [0.717, 1.165) is 37.2 Å². The summed E-state index contributed by atoms with van der Waals surface area (Å²) in [7, 11) is 0. The van der Waals surface area contributed by atoms with Crippen molar-refractivity contribution in [1.29, 1.82) is 0 Å². The predicted molar refractivity (Wildman–Crippen MR) is 68.6 cm³/mol. The minimum atomic E-state index is -0.387. The largest absolute Gasteiger partial charge is 0.455 e. The highest BCUT2D eigenvalue weighted by Gasteiger charge is 2.22. The number of furan rings is 1. The highest BCUT2D eigenvalue weighted by Crippen LogP contribution is 2.22. The minimum Gasteiger partial charge on any atom is -0.455 e. The van der Waals surface area contributed by atoms with E-state index in [1.165, 1.54) is 6.42 Å². The molecule has 1 aromatic rings. The summed E-state index contributed by atoms with van der Waals surface area (Å²) >= 11 is 0. The zero-order chi connectivity index (χ0) is 13.1. The van der Waals surface area contributed by atoms with Crippen LogP contribution < -0.4 is 11.3 Å². The van der Waals surface area contributed by atoms with Crippen molar-refractivity contribution >= 4 is 5.91 Å². The van der Waals surface area contributed by atoms with Gasteiger partial charge in [-0.3, -0.25) is 15.1 Å². The van der Waals surface area contributed by atoms with Crippen molar-refractivity contribution in [1.82, 2.24) is 10.3 Å². The molecule has 1 aliphatic heterocycles. The van der Waals surface area contributed by atoms with E-state index in [-0.39, 0.29) is 11.7 Å². The average molecular weight is 251 g/mol. The van der Waals surface area contributed by atoms with Gasteiger partial charge in [0.05, 0.1) is 6.54 Å². The summed E-state index contributed by atoms with van der Waals surface area (Å²) in [6, 6.07) is 3.50. The van der Waals surface area contributed by atoms with Crippen molar-refractivity contribution in [3.63, 3.8) is 0 Å². The number of amides is 1. The molecule has 2 atom stereocenters. The fourth-order valence-electron chi connectivity index (χ4n) is 2.80. The van der Waals surface area contributed by atoms with Gasteiger partial charge in [-0.05, 0) is 30.4 Å². The molecule has 1 fully saturated rings. The number of hydrogen-bond acceptors (Lipinski definition) is 4. The van der Waals surface area contributed by atoms with Crippen molar-refractivity contribution in [3.05, 3.63) is 23.7 Å². The topological polar surface area (TPSA) is 71.5 Å². The monoisotopic (exact) mass is 251 g/mol. The summed E-state index contributed by atoms with van der Waals surface area (Å²) in [5.74, 6) is 7.20. The molecule has 0 aliphatic carbocycles. The van der Waals surface area contributed by atoms with Crippen LogP contribution in [0.2, 0.25) is 0 Å². The van der Waals surface area contributed by atoms with Crippen LogP contribution in [0.25, 0.3) is 0 Å². The SMILES string of the molecule is CC1CC(C)CN(Cc2ccc(C(=O)NN)o2)C1. The molecule has 0 bridgehead atoms. The molecular weight excluding hydrogens is 230 g/mol. The van der Waals surface area contributed by atoms with Crippen LogP contribution in [-0.2, 0) is 6.54 Å². The zero-order valence-corrected chi connectivity index (χ0v) is 11.0. The van der Waals surface area contributed by atoms with Crippen LogP contribution in [0.15, 0.2) is 16.5 Å². The van der Waals surface area contributed by atoms with E-state index < -0.39 is 0 Å². The van der Waals surface area contributed by atoms with Gasteiger partial charge in [0.15, 0.2) is 5.76 Å². The summed E-state index contributed by atoms with van der Waals surface area (Å²) in [5.41, 5.74) is 2.07. The molecule has 2 heterocycles. The molecule has 1 saturated heterocycles. The Kier molecular flexibility index (Phi) is 4.04. The number of hydrogen-bond donors (Lipinski definition) is 2. The van der Waals surface area contributed by atoms with Gasteiger partial charge in [0.25, 0.3) is 0 Å². The first-order valence-corrected chi connectivity index (χ1v) is 6.40. The lowest BCUT2D eigenvalue weighted by Gasteiger charge is -2.34. The molecule has 2 rings (SSSR count). The van der Waals surface area contributed by atoms with E-state index in [2.05, 4.69) is 24.2 Å². The van der Waals surface area contributed by atoms with Gasteiger partial charge in [0.2, 0.25) is 0 Å². The third kappa shape index (κ3) is 3.11. The Morgan fingerprint density at radius 3 is 2.72 bits per heavy atom. The molecule has 0 spiro atoms. The van der Waals surface area contributed by atoms with Crippen LogP contribution in [0, 0.1) is 11.8 Å². The molecule has 5 nitrogen and oxygen atoms in total. The van der Waals surface area contributed by atoms with Crippen molar-refractivity contribution in [3.8, 4) is 0 Å². The van der Waals surface area contributed by atoms with Gasteiger partial charge in [-0.2, -0.15) is 0 Å². The Labute approximate surface area is 107 Å². The van der Waals surface area contributed by atoms with E-state index in [0.29, 0.717) is 0 Å². The molecule has 0 radical (unpaired) electrons. The third-order valence-corrected chi connectivity index (χ3v) is 3.34. The second-order valence-electron chi connectivity index (χ2n) is 5.38. The maximum Gasteiger partial charge on any atom is 0.300 e. The molecule has 100 valence electrons. The number of nitrogen functional groups attached to an aromatic ring is 1. The van der Waals surface area contributed by atoms with Gasteiger partial charge in [-0.1, -0.05) is 13.8 Å². The van der Waals surface area contributed by atoms with Crippen molar-refractivity contribution in [2.45, 2.75) is 26.8 Å². The lowest BCUT2D eigenvalue weighted by molar-refractivity contribution is 0.0915. The smallest absolute Gasteiger partial charge is 0.300 e. The van der Waals surface area contributed by atoms with Gasteiger partial charge in [-0.15, -0.1) is 0 Å². The van der Waals surface area contributed by atoms with E-state index in [1.54, 1.807) is 6.07 Å². The Morgan fingerprint density at radius 1 is 1.44 bits per heavy atom. The first-order chi connectivity index (χ1) is 8.58. The highest BCUT2D eigenvalue weighted by atomic mass is 16.4. The minimum absolute atomic E-state index is 0.269. The highest BCUT2D eigenvalue weighted by molar-refractivity contribution is 5.90. The van der Waals surface area contributed by atoms with Crippen LogP contribution >= 0.6 is 0 Å². The van der Waals surface area contributed by atoms with Crippen LogP contribution in [0.5, 0.6) is 0 Å². The number of rotatable bonds is 3. The Balaban J connectivity index is 1.96. The molecule has 3 N–H and O–H groups in total. The zero-order valence-electron chi connectivity index (χ0n) is 11.0. The number of carbonyl (C=O) groups is 1. The third-order valence-electron chi connectivity index (χ3n) is 3.34. The van der Waals surface area contributed by atoms with E-state index in [4.69, 9.17) is 10.3 Å². The molecule has 0 aromatic carbocycles. The van der Waals surface area contributed by atoms with Crippen LogP contribution in [0.1, 0.15) is 36.6 Å². The van der Waals surface area contributed by atoms with Crippen molar-refractivity contribution in [2.24, 2.45) is 17.7 Å². The fraction of sp³-hybridized carbons (Fsp3) is 0.615. The lowest BCUT2D eigenvalue weighted by Crippen LogP contribution is -2.38. The van der Waals surface area contributed by atoms with E-state index in [9.17, 15) is 4.79 Å². The average Bonchev–Trinajstić information content (AvgIpc) is 2.75. The van der Waals surface area contributed by atoms with Crippen LogP contribution in [0.4, 0.5) is 0 Å². The first kappa shape index (κ1) is 13.1. The van der Waals surface area contributed by atoms with Crippen LogP contribution in [-0.4, -0.2) is 23.9 Å². The number of nitrogens with two attached hydrogens (primary N) is 1. The maximum atomic E-state index is 11.3. The molecule has 18 heavy (non-hydrogen) atoms. The fourth-order valence-corrected chi connectivity index (χ4v) is 2.80. The summed E-state index contributed by atoms with van der Waals surface area (Å²) in [4.78, 5) is 13.7. The van der Waals surface area contributed by atoms with Crippen molar-refractivity contribution in [2.75, 3.05) is 13.1 Å². The maximum absolute atomic E-state index is 11.3. The van der Waals surface area contributed by atoms with Crippen molar-refractivity contribution < 1.29 is 9.21 Å². The second-order valence-corrected chi connectivity index (χ2v) is 5.38. The number of hydrazine groups is 1. The molecule has 1 aliphatic rings. The quantitative estimate of drug-likeness (QED) is 0.483. The standard InChI is InChI=1S/C13H21N3O2/c1-9-5-10(2)7-16(6-9)8-11-3-4-12(18-11)13(17)15-14/h3-4,9-10H,5-8,14H2,1-2H3,(H,15,17). The summed E-state index contributed by atoms with van der Waals surface area (Å²) in [5, 5.41) is 0. The second kappa shape index (κ2) is 5.54. The Hall–Kier alpha value is -1.33. The number of likely N-dealkylation sites (tertiary alicyclic amines) is 1. The van der Waals surface area contributed by atoms with Gasteiger partial charge in [0, 0.05) is 13.1 Å². The normalized spacial score (nSPS) is 25.1. The van der Waals surface area contributed by atoms with Gasteiger partial charge in [0.1, 0.15) is 5.76 Å². The molecule has 2 unspecified atom stereocenters. The Bertz CT molecular complexity index is 406. The lowest BCUT2D eigenvalue weighted by atomic mass is 9.92. The van der Waals surface area contributed by atoms with Crippen LogP contribution in [0.3, 0.4) is 0 Å². The summed E-state index contributed by atoms with van der Waals surface area (Å²) in [6.07, 6.45) is 1.29. The van der Waals surface area contributed by atoms with E-state index in [1.807, 2.05) is 6.07 Å². The number of carbonyl (C=O) groups excluding carboxylic acids is 1. The number of nitrogens with one attached hydrogen (secondary N) is 1. The Morgan fingerprint density at radius 2 is 2.11 bits per heavy atom. The molecule has 0 saturated carbocycles. The first-order valence-electron chi connectivity index (χ1n) is 6.40. The molecule has 1 aromatic heterocycles. The summed E-state index contributed by atoms with van der Waals surface area (Å²) < 4.78 is 5.48. The predicted octanol–water partition coefficient (Wildman–Crippen LogP) is 1.36. The van der Waals surface area contributed by atoms with E-state index >= 15 is 0 Å². The number of nitrogens with zero attached hydrogens (tertiary/aromatic N) is 1. The van der Waals surface area contributed by atoms with Gasteiger partial charge >= 0.3 is 5.91 Å². The van der Waals surface area contributed by atoms with Gasteiger partial charge in [-0.25, -0.2) is 5.84 Å². The number of piperidine rings is 1. The summed E-state index contributed by atoms with van der Waals surface area (Å²) in [6.45, 7) is 7.48. The molecule has 1 amide bonds.